The number of hydrogen-bond acceptors (Lipinski definition) is 6. The zero-order chi connectivity index (χ0) is 24.1. The van der Waals surface area contributed by atoms with E-state index in [-0.39, 0.29) is 22.5 Å². The third kappa shape index (κ3) is 6.88. The van der Waals surface area contributed by atoms with Gasteiger partial charge in [0.1, 0.15) is 9.79 Å². The molecule has 0 spiro atoms. The zero-order valence-corrected chi connectivity index (χ0v) is 18.6. The maximum absolute atomic E-state index is 11.8. The van der Waals surface area contributed by atoms with Crippen molar-refractivity contribution >= 4 is 55.7 Å². The number of urea groups is 1. The molecular formula is C19H21N3O8S2. The molecule has 5 N–H and O–H groups in total. The van der Waals surface area contributed by atoms with E-state index in [2.05, 4.69) is 16.0 Å². The third-order valence-corrected chi connectivity index (χ3v) is 5.76. The number of carbonyl (C=O) groups excluding carboxylic acids is 2. The van der Waals surface area contributed by atoms with Crippen molar-refractivity contribution in [3.8, 4) is 0 Å². The Morgan fingerprint density at radius 2 is 1.28 bits per heavy atom. The van der Waals surface area contributed by atoms with Gasteiger partial charge in [-0.1, -0.05) is 24.3 Å². The summed E-state index contributed by atoms with van der Waals surface area (Å²) in [5, 5.41) is 7.27. The predicted molar refractivity (Wildman–Crippen MR) is 118 cm³/mol. The molecule has 0 aliphatic heterocycles. The molecule has 32 heavy (non-hydrogen) atoms. The van der Waals surface area contributed by atoms with Gasteiger partial charge < -0.3 is 16.0 Å². The zero-order valence-electron chi connectivity index (χ0n) is 17.0. The van der Waals surface area contributed by atoms with Crippen LogP contribution in [-0.2, 0) is 25.0 Å². The monoisotopic (exact) mass is 483 g/mol. The van der Waals surface area contributed by atoms with E-state index in [1.54, 1.807) is 6.92 Å². The molecule has 13 heteroatoms. The molecule has 0 saturated heterocycles. The molecule has 11 nitrogen and oxygen atoms in total. The molecule has 0 bridgehead atoms. The van der Waals surface area contributed by atoms with Gasteiger partial charge in [-0.25, -0.2) is 4.79 Å². The minimum atomic E-state index is -4.71. The first-order chi connectivity index (χ1) is 14.8. The van der Waals surface area contributed by atoms with Gasteiger partial charge in [0.15, 0.2) is 0 Å². The van der Waals surface area contributed by atoms with Crippen LogP contribution in [0.25, 0.3) is 12.2 Å². The van der Waals surface area contributed by atoms with E-state index in [1.165, 1.54) is 43.3 Å². The second-order valence-electron chi connectivity index (χ2n) is 6.45. The van der Waals surface area contributed by atoms with E-state index in [0.29, 0.717) is 6.54 Å². The van der Waals surface area contributed by atoms with Crippen LogP contribution in [-0.4, -0.2) is 44.4 Å². The van der Waals surface area contributed by atoms with Crippen LogP contribution in [0.3, 0.4) is 0 Å². The number of nitrogens with one attached hydrogen (secondary N) is 3. The lowest BCUT2D eigenvalue weighted by Crippen LogP contribution is -2.28. The van der Waals surface area contributed by atoms with E-state index in [9.17, 15) is 35.5 Å². The standard InChI is InChI=1S/C19H21N3O8S2/c1-3-20-19(24)22-16-9-7-14(18(11-16)32(28,29)30)5-4-13-6-8-15(21-12(2)23)10-17(13)31(25,26)27/h4-11H,3H2,1-2H3,(H,21,23)(H2,20,22,24)(H,25,26,27)(H,28,29,30). The SMILES string of the molecule is CCNC(=O)Nc1ccc(C=Cc2ccc(NC(C)=O)cc2S(=O)(=O)O)c(S(=O)(=O)O)c1. The Labute approximate surface area is 185 Å². The van der Waals surface area contributed by atoms with Crippen molar-refractivity contribution in [1.82, 2.24) is 5.32 Å². The number of hydrogen-bond donors (Lipinski definition) is 5. The Morgan fingerprint density at radius 1 is 0.844 bits per heavy atom. The summed E-state index contributed by atoms with van der Waals surface area (Å²) in [5.74, 6) is -0.450. The normalized spacial score (nSPS) is 11.9. The van der Waals surface area contributed by atoms with Gasteiger partial charge in [-0.3, -0.25) is 13.9 Å². The molecule has 172 valence electrons. The number of benzene rings is 2. The lowest BCUT2D eigenvalue weighted by atomic mass is 10.1. The van der Waals surface area contributed by atoms with Crippen LogP contribution in [0.5, 0.6) is 0 Å². The Hall–Kier alpha value is -3.26. The van der Waals surface area contributed by atoms with Gasteiger partial charge in [0.25, 0.3) is 20.2 Å². The molecule has 0 heterocycles. The van der Waals surface area contributed by atoms with Crippen molar-refractivity contribution in [2.24, 2.45) is 0 Å². The van der Waals surface area contributed by atoms with E-state index in [1.807, 2.05) is 0 Å². The number of amides is 3. The van der Waals surface area contributed by atoms with Crippen LogP contribution in [0.1, 0.15) is 25.0 Å². The molecule has 0 aromatic heterocycles. The summed E-state index contributed by atoms with van der Waals surface area (Å²) in [7, 11) is -9.39. The third-order valence-electron chi connectivity index (χ3n) is 3.94. The summed E-state index contributed by atoms with van der Waals surface area (Å²) in [4.78, 5) is 21.8. The van der Waals surface area contributed by atoms with Crippen molar-refractivity contribution in [2.45, 2.75) is 23.6 Å². The summed E-state index contributed by atoms with van der Waals surface area (Å²) < 4.78 is 66.2. The number of carbonyl (C=O) groups is 2. The Kier molecular flexibility index (Phi) is 7.74. The largest absolute Gasteiger partial charge is 0.338 e. The van der Waals surface area contributed by atoms with Gasteiger partial charge in [0.05, 0.1) is 0 Å². The highest BCUT2D eigenvalue weighted by atomic mass is 32.2. The fourth-order valence-electron chi connectivity index (χ4n) is 2.67. The second kappa shape index (κ2) is 9.91. The molecule has 2 rings (SSSR count). The first-order valence-electron chi connectivity index (χ1n) is 9.05. The molecule has 0 atom stereocenters. The quantitative estimate of drug-likeness (QED) is 0.294. The molecule has 2 aromatic carbocycles. The molecular weight excluding hydrogens is 462 g/mol. The lowest BCUT2D eigenvalue weighted by Gasteiger charge is -2.10. The van der Waals surface area contributed by atoms with Crippen molar-refractivity contribution in [3.05, 3.63) is 47.5 Å². The van der Waals surface area contributed by atoms with Crippen molar-refractivity contribution < 1.29 is 35.5 Å². The molecule has 0 fully saturated rings. The predicted octanol–water partition coefficient (Wildman–Crippen LogP) is 2.45. The van der Waals surface area contributed by atoms with Crippen molar-refractivity contribution in [2.75, 3.05) is 17.2 Å². The van der Waals surface area contributed by atoms with E-state index < -0.39 is 42.0 Å². The number of anilines is 2. The first-order valence-corrected chi connectivity index (χ1v) is 11.9. The highest BCUT2D eigenvalue weighted by Gasteiger charge is 2.18. The molecule has 0 radical (unpaired) electrons. The molecule has 0 unspecified atom stereocenters. The van der Waals surface area contributed by atoms with Gasteiger partial charge in [-0.05, 0) is 42.3 Å². The highest BCUT2D eigenvalue weighted by Crippen LogP contribution is 2.26. The topological polar surface area (TPSA) is 179 Å². The summed E-state index contributed by atoms with van der Waals surface area (Å²) in [5.41, 5.74) is 0.203. The van der Waals surface area contributed by atoms with Crippen LogP contribution >= 0.6 is 0 Å². The van der Waals surface area contributed by atoms with Gasteiger partial charge in [-0.2, -0.15) is 16.8 Å². The molecule has 0 aliphatic carbocycles. The molecule has 0 saturated carbocycles. The second-order valence-corrected chi connectivity index (χ2v) is 9.23. The van der Waals surface area contributed by atoms with Crippen molar-refractivity contribution in [1.29, 1.82) is 0 Å². The van der Waals surface area contributed by atoms with Crippen LogP contribution in [0.15, 0.2) is 46.2 Å². The van der Waals surface area contributed by atoms with E-state index in [4.69, 9.17) is 0 Å². The lowest BCUT2D eigenvalue weighted by molar-refractivity contribution is -0.114. The Balaban J connectivity index is 2.50. The average molecular weight is 484 g/mol. The Morgan fingerprint density at radius 3 is 1.66 bits per heavy atom. The van der Waals surface area contributed by atoms with Gasteiger partial charge in [0.2, 0.25) is 5.91 Å². The smallest absolute Gasteiger partial charge is 0.319 e. The first kappa shape index (κ1) is 25.0. The molecule has 2 aromatic rings. The fraction of sp³-hybridized carbons (Fsp3) is 0.158. The van der Waals surface area contributed by atoms with Crippen LogP contribution in [0.4, 0.5) is 16.2 Å². The molecule has 0 aliphatic rings. The van der Waals surface area contributed by atoms with Crippen LogP contribution in [0.2, 0.25) is 0 Å². The minimum Gasteiger partial charge on any atom is -0.338 e. The maximum atomic E-state index is 11.8. The summed E-state index contributed by atoms with van der Waals surface area (Å²) >= 11 is 0. The maximum Gasteiger partial charge on any atom is 0.319 e. The average Bonchev–Trinajstić information content (AvgIpc) is 2.65. The van der Waals surface area contributed by atoms with Gasteiger partial charge in [0, 0.05) is 24.8 Å². The summed E-state index contributed by atoms with van der Waals surface area (Å²) in [6.07, 6.45) is 2.42. The molecule has 3 amide bonds. The summed E-state index contributed by atoms with van der Waals surface area (Å²) in [6, 6.07) is 6.86. The van der Waals surface area contributed by atoms with Crippen LogP contribution in [0, 0.1) is 0 Å². The van der Waals surface area contributed by atoms with Gasteiger partial charge >= 0.3 is 6.03 Å². The Bertz CT molecular complexity index is 1290. The van der Waals surface area contributed by atoms with Gasteiger partial charge in [-0.15, -0.1) is 0 Å². The number of rotatable bonds is 7. The fourth-order valence-corrected chi connectivity index (χ4v) is 4.08. The van der Waals surface area contributed by atoms with E-state index in [0.717, 1.165) is 12.1 Å². The highest BCUT2D eigenvalue weighted by molar-refractivity contribution is 7.86. The van der Waals surface area contributed by atoms with E-state index >= 15 is 0 Å². The van der Waals surface area contributed by atoms with Crippen LogP contribution < -0.4 is 16.0 Å². The summed E-state index contributed by atoms with van der Waals surface area (Å²) in [6.45, 7) is 3.26. The minimum absolute atomic E-state index is 0.00702. The van der Waals surface area contributed by atoms with Crippen molar-refractivity contribution in [3.63, 3.8) is 0 Å².